The fourth-order valence-corrected chi connectivity index (χ4v) is 2.03. The summed E-state index contributed by atoms with van der Waals surface area (Å²) >= 11 is 0. The minimum Gasteiger partial charge on any atom is -0.493 e. The molecule has 2 aromatic rings. The van der Waals surface area contributed by atoms with Gasteiger partial charge in [-0.2, -0.15) is 0 Å². The summed E-state index contributed by atoms with van der Waals surface area (Å²) in [4.78, 5) is 4.13. The van der Waals surface area contributed by atoms with Gasteiger partial charge >= 0.3 is 0 Å². The van der Waals surface area contributed by atoms with Gasteiger partial charge in [-0.15, -0.1) is 0 Å². The number of aryl methyl sites for hydroxylation is 1. The molecule has 1 atom stereocenters. The molecule has 0 saturated heterocycles. The lowest BCUT2D eigenvalue weighted by atomic mass is 9.97. The van der Waals surface area contributed by atoms with Crippen LogP contribution in [-0.2, 0) is 0 Å². The first-order valence-corrected chi connectivity index (χ1v) is 6.05. The molecule has 0 saturated carbocycles. The number of pyridine rings is 1. The molecule has 1 unspecified atom stereocenters. The number of methoxy groups -OCH3 is 2. The van der Waals surface area contributed by atoms with Gasteiger partial charge in [-0.25, -0.2) is 0 Å². The Balaban J connectivity index is 2.39. The SMILES string of the molecule is COc1ccc(C(N)c2cnccc2C)cc1OC. The Hall–Kier alpha value is -2.07. The van der Waals surface area contributed by atoms with E-state index in [2.05, 4.69) is 4.98 Å². The van der Waals surface area contributed by atoms with Gasteiger partial charge in [0.1, 0.15) is 0 Å². The summed E-state index contributed by atoms with van der Waals surface area (Å²) in [6, 6.07) is 7.43. The van der Waals surface area contributed by atoms with Crippen molar-refractivity contribution in [3.8, 4) is 11.5 Å². The van der Waals surface area contributed by atoms with Crippen molar-refractivity contribution < 1.29 is 9.47 Å². The van der Waals surface area contributed by atoms with E-state index >= 15 is 0 Å². The van der Waals surface area contributed by atoms with E-state index in [9.17, 15) is 0 Å². The lowest BCUT2D eigenvalue weighted by Crippen LogP contribution is -2.13. The van der Waals surface area contributed by atoms with Crippen molar-refractivity contribution in [3.05, 3.63) is 53.3 Å². The summed E-state index contributed by atoms with van der Waals surface area (Å²) in [5.74, 6) is 1.37. The largest absolute Gasteiger partial charge is 0.493 e. The summed E-state index contributed by atoms with van der Waals surface area (Å²) in [7, 11) is 3.23. The van der Waals surface area contributed by atoms with Crippen LogP contribution in [0.4, 0.5) is 0 Å². The van der Waals surface area contributed by atoms with E-state index in [1.165, 1.54) is 0 Å². The van der Waals surface area contributed by atoms with Crippen molar-refractivity contribution in [2.24, 2.45) is 5.73 Å². The molecule has 0 aliphatic rings. The average molecular weight is 258 g/mol. The third-order valence-electron chi connectivity index (χ3n) is 3.18. The quantitative estimate of drug-likeness (QED) is 0.915. The van der Waals surface area contributed by atoms with E-state index in [0.29, 0.717) is 11.5 Å². The van der Waals surface area contributed by atoms with E-state index in [-0.39, 0.29) is 6.04 Å². The molecule has 0 amide bonds. The Bertz CT molecular complexity index is 570. The zero-order valence-corrected chi connectivity index (χ0v) is 11.4. The lowest BCUT2D eigenvalue weighted by Gasteiger charge is -2.16. The zero-order valence-electron chi connectivity index (χ0n) is 11.4. The van der Waals surface area contributed by atoms with E-state index in [1.807, 2.05) is 31.2 Å². The number of hydrogen-bond donors (Lipinski definition) is 1. The number of aromatic nitrogens is 1. The number of rotatable bonds is 4. The van der Waals surface area contributed by atoms with Crippen LogP contribution in [0.5, 0.6) is 11.5 Å². The molecule has 0 bridgehead atoms. The lowest BCUT2D eigenvalue weighted by molar-refractivity contribution is 0.354. The molecule has 0 aliphatic carbocycles. The van der Waals surface area contributed by atoms with Gasteiger partial charge in [0.25, 0.3) is 0 Å². The molecule has 100 valence electrons. The van der Waals surface area contributed by atoms with Crippen LogP contribution in [0.25, 0.3) is 0 Å². The van der Waals surface area contributed by atoms with Crippen LogP contribution in [0.15, 0.2) is 36.7 Å². The fourth-order valence-electron chi connectivity index (χ4n) is 2.03. The molecular weight excluding hydrogens is 240 g/mol. The number of hydrogen-bond acceptors (Lipinski definition) is 4. The zero-order chi connectivity index (χ0) is 13.8. The second-order valence-electron chi connectivity index (χ2n) is 4.32. The minimum absolute atomic E-state index is 0.228. The van der Waals surface area contributed by atoms with E-state index in [1.54, 1.807) is 26.6 Å². The summed E-state index contributed by atoms with van der Waals surface area (Å²) in [6.45, 7) is 2.03. The maximum absolute atomic E-state index is 6.30. The predicted molar refractivity (Wildman–Crippen MR) is 74.6 cm³/mol. The molecule has 1 heterocycles. The molecule has 1 aromatic carbocycles. The van der Waals surface area contributed by atoms with Crippen molar-refractivity contribution in [3.63, 3.8) is 0 Å². The van der Waals surface area contributed by atoms with Crippen LogP contribution >= 0.6 is 0 Å². The molecule has 2 N–H and O–H groups in total. The third kappa shape index (κ3) is 2.69. The van der Waals surface area contributed by atoms with Crippen molar-refractivity contribution in [1.29, 1.82) is 0 Å². The highest BCUT2D eigenvalue weighted by atomic mass is 16.5. The highest BCUT2D eigenvalue weighted by Gasteiger charge is 2.14. The standard InChI is InChI=1S/C15H18N2O2/c1-10-6-7-17-9-12(10)15(16)11-4-5-13(18-2)14(8-11)19-3/h4-9,15H,16H2,1-3H3. The smallest absolute Gasteiger partial charge is 0.161 e. The topological polar surface area (TPSA) is 57.4 Å². The van der Waals surface area contributed by atoms with Gasteiger partial charge in [0.15, 0.2) is 11.5 Å². The molecule has 0 spiro atoms. The van der Waals surface area contributed by atoms with Crippen LogP contribution in [0.2, 0.25) is 0 Å². The Morgan fingerprint density at radius 2 is 1.84 bits per heavy atom. The van der Waals surface area contributed by atoms with Crippen LogP contribution in [0, 0.1) is 6.92 Å². The summed E-state index contributed by atoms with van der Waals surface area (Å²) in [6.07, 6.45) is 3.57. The Kier molecular flexibility index (Phi) is 4.02. The van der Waals surface area contributed by atoms with Crippen LogP contribution in [0.3, 0.4) is 0 Å². The molecule has 4 nitrogen and oxygen atoms in total. The number of benzene rings is 1. The predicted octanol–water partition coefficient (Wildman–Crippen LogP) is 2.46. The molecule has 4 heteroatoms. The van der Waals surface area contributed by atoms with Crippen molar-refractivity contribution in [2.75, 3.05) is 14.2 Å². The number of ether oxygens (including phenoxy) is 2. The maximum atomic E-state index is 6.30. The van der Waals surface area contributed by atoms with E-state index in [4.69, 9.17) is 15.2 Å². The van der Waals surface area contributed by atoms with Crippen molar-refractivity contribution >= 4 is 0 Å². The van der Waals surface area contributed by atoms with Crippen LogP contribution in [-0.4, -0.2) is 19.2 Å². The first-order valence-electron chi connectivity index (χ1n) is 6.05. The minimum atomic E-state index is -0.228. The van der Waals surface area contributed by atoms with Gasteiger partial charge < -0.3 is 15.2 Å². The number of nitrogens with zero attached hydrogens (tertiary/aromatic N) is 1. The van der Waals surface area contributed by atoms with Crippen LogP contribution < -0.4 is 15.2 Å². The molecule has 2 rings (SSSR count). The molecule has 0 radical (unpaired) electrons. The van der Waals surface area contributed by atoms with Crippen molar-refractivity contribution in [2.45, 2.75) is 13.0 Å². The average Bonchev–Trinajstić information content (AvgIpc) is 2.46. The first-order chi connectivity index (χ1) is 9.17. The Labute approximate surface area is 113 Å². The Morgan fingerprint density at radius 3 is 2.47 bits per heavy atom. The summed E-state index contributed by atoms with van der Waals surface area (Å²) in [5.41, 5.74) is 9.39. The Morgan fingerprint density at radius 1 is 1.11 bits per heavy atom. The van der Waals surface area contributed by atoms with Crippen molar-refractivity contribution in [1.82, 2.24) is 4.98 Å². The molecule has 0 fully saturated rings. The number of nitrogens with two attached hydrogens (primary N) is 1. The highest BCUT2D eigenvalue weighted by molar-refractivity contribution is 5.46. The second kappa shape index (κ2) is 5.71. The first kappa shape index (κ1) is 13.4. The maximum Gasteiger partial charge on any atom is 0.161 e. The van der Waals surface area contributed by atoms with Gasteiger partial charge in [-0.1, -0.05) is 6.07 Å². The monoisotopic (exact) mass is 258 g/mol. The summed E-state index contributed by atoms with van der Waals surface area (Å²) in [5, 5.41) is 0. The van der Waals surface area contributed by atoms with Gasteiger partial charge in [-0.3, -0.25) is 4.98 Å². The van der Waals surface area contributed by atoms with E-state index < -0.39 is 0 Å². The molecular formula is C15H18N2O2. The molecule has 1 aromatic heterocycles. The van der Waals surface area contributed by atoms with Gasteiger partial charge in [0, 0.05) is 12.4 Å². The molecule has 19 heavy (non-hydrogen) atoms. The van der Waals surface area contributed by atoms with Crippen LogP contribution in [0.1, 0.15) is 22.7 Å². The van der Waals surface area contributed by atoms with Gasteiger partial charge in [-0.05, 0) is 41.8 Å². The normalized spacial score (nSPS) is 12.0. The van der Waals surface area contributed by atoms with E-state index in [0.717, 1.165) is 16.7 Å². The van der Waals surface area contributed by atoms with Gasteiger partial charge in [0.05, 0.1) is 20.3 Å². The van der Waals surface area contributed by atoms with Gasteiger partial charge in [0.2, 0.25) is 0 Å². The second-order valence-corrected chi connectivity index (χ2v) is 4.32. The third-order valence-corrected chi connectivity index (χ3v) is 3.18. The summed E-state index contributed by atoms with van der Waals surface area (Å²) < 4.78 is 10.5. The fraction of sp³-hybridized carbons (Fsp3) is 0.267. The highest BCUT2D eigenvalue weighted by Crippen LogP contribution is 2.31. The molecule has 0 aliphatic heterocycles.